The fraction of sp³-hybridized carbons (Fsp3) is 0.867. The Morgan fingerprint density at radius 2 is 2.05 bits per heavy atom. The first-order chi connectivity index (χ1) is 10.0. The number of methoxy groups -OCH3 is 1. The van der Waals surface area contributed by atoms with Crippen LogP contribution in [0.4, 0.5) is 4.79 Å². The summed E-state index contributed by atoms with van der Waals surface area (Å²) < 4.78 is 4.86. The molecule has 0 aromatic rings. The van der Waals surface area contributed by atoms with Gasteiger partial charge in [0.25, 0.3) is 0 Å². The molecule has 0 heterocycles. The van der Waals surface area contributed by atoms with Gasteiger partial charge in [-0.15, -0.1) is 0 Å². The maximum atomic E-state index is 12.0. The summed E-state index contributed by atoms with van der Waals surface area (Å²) in [6.45, 7) is 2.33. The predicted molar refractivity (Wildman–Crippen MR) is 78.0 cm³/mol. The number of amides is 2. The molecule has 0 aromatic carbocycles. The van der Waals surface area contributed by atoms with Crippen molar-refractivity contribution in [2.24, 2.45) is 17.8 Å². The van der Waals surface area contributed by atoms with Crippen molar-refractivity contribution < 1.29 is 19.4 Å². The minimum absolute atomic E-state index is 0.0946. The molecular formula is C15H26N2O4. The van der Waals surface area contributed by atoms with Gasteiger partial charge in [-0.05, 0) is 43.9 Å². The highest BCUT2D eigenvalue weighted by molar-refractivity contribution is 5.82. The molecule has 2 aliphatic carbocycles. The highest BCUT2D eigenvalue weighted by Gasteiger charge is 2.42. The molecule has 2 rings (SSSR count). The van der Waals surface area contributed by atoms with Crippen LogP contribution in [-0.2, 0) is 9.53 Å². The molecule has 3 N–H and O–H groups in total. The molecule has 2 aliphatic rings. The zero-order valence-corrected chi connectivity index (χ0v) is 12.8. The van der Waals surface area contributed by atoms with E-state index < -0.39 is 18.0 Å². The molecule has 120 valence electrons. The van der Waals surface area contributed by atoms with Gasteiger partial charge in [-0.25, -0.2) is 9.59 Å². The van der Waals surface area contributed by atoms with Gasteiger partial charge >= 0.3 is 12.0 Å². The molecule has 0 saturated heterocycles. The number of ether oxygens (including phenoxy) is 1. The Morgan fingerprint density at radius 1 is 1.29 bits per heavy atom. The predicted octanol–water partition coefficient (Wildman–Crippen LogP) is 1.60. The first-order valence-corrected chi connectivity index (χ1v) is 7.80. The largest absolute Gasteiger partial charge is 0.480 e. The van der Waals surface area contributed by atoms with Crippen molar-refractivity contribution in [1.82, 2.24) is 10.6 Å². The van der Waals surface area contributed by atoms with Gasteiger partial charge in [-0.2, -0.15) is 0 Å². The third kappa shape index (κ3) is 4.09. The Kier molecular flexibility index (Phi) is 5.45. The van der Waals surface area contributed by atoms with E-state index in [4.69, 9.17) is 9.84 Å². The van der Waals surface area contributed by atoms with Crippen molar-refractivity contribution in [3.63, 3.8) is 0 Å². The number of hydrogen-bond donors (Lipinski definition) is 3. The smallest absolute Gasteiger partial charge is 0.326 e. The van der Waals surface area contributed by atoms with Crippen LogP contribution >= 0.6 is 0 Å². The lowest BCUT2D eigenvalue weighted by Crippen LogP contribution is -2.50. The Balaban J connectivity index is 1.78. The Hall–Kier alpha value is -1.30. The molecule has 2 fully saturated rings. The number of carboxylic acids is 1. The topological polar surface area (TPSA) is 87.7 Å². The van der Waals surface area contributed by atoms with E-state index in [-0.39, 0.29) is 12.5 Å². The van der Waals surface area contributed by atoms with Crippen molar-refractivity contribution >= 4 is 12.0 Å². The van der Waals surface area contributed by atoms with Crippen molar-refractivity contribution in [3.8, 4) is 0 Å². The minimum Gasteiger partial charge on any atom is -0.480 e. The summed E-state index contributed by atoms with van der Waals surface area (Å²) in [7, 11) is 1.51. The second-order valence-electron chi connectivity index (χ2n) is 6.42. The minimum atomic E-state index is -1.03. The highest BCUT2D eigenvalue weighted by atomic mass is 16.5. The Morgan fingerprint density at radius 3 is 2.57 bits per heavy atom. The number of aliphatic carboxylic acids is 1. The van der Waals surface area contributed by atoms with Crippen LogP contribution in [0.2, 0.25) is 0 Å². The Labute approximate surface area is 125 Å². The second kappa shape index (κ2) is 7.11. The molecule has 6 nitrogen and oxygen atoms in total. The van der Waals surface area contributed by atoms with Crippen LogP contribution in [0.1, 0.15) is 39.0 Å². The van der Waals surface area contributed by atoms with E-state index in [9.17, 15) is 9.59 Å². The van der Waals surface area contributed by atoms with Gasteiger partial charge < -0.3 is 20.5 Å². The average Bonchev–Trinajstić information content (AvgIpc) is 3.05. The quantitative estimate of drug-likeness (QED) is 0.666. The van der Waals surface area contributed by atoms with Gasteiger partial charge in [-0.1, -0.05) is 6.42 Å². The number of carbonyl (C=O) groups is 2. The molecule has 0 spiro atoms. The SMILES string of the molecule is COCCC(NC(=O)NC(C)C1CC2CCC1C2)C(=O)O. The molecule has 21 heavy (non-hydrogen) atoms. The van der Waals surface area contributed by atoms with E-state index in [1.807, 2.05) is 6.92 Å². The molecule has 2 saturated carbocycles. The maximum Gasteiger partial charge on any atom is 0.326 e. The van der Waals surface area contributed by atoms with Crippen molar-refractivity contribution in [2.45, 2.75) is 51.1 Å². The van der Waals surface area contributed by atoms with E-state index >= 15 is 0 Å². The molecule has 5 atom stereocenters. The van der Waals surface area contributed by atoms with Crippen LogP contribution in [0.5, 0.6) is 0 Å². The summed E-state index contributed by atoms with van der Waals surface area (Å²) in [5, 5.41) is 14.5. The molecule has 5 unspecified atom stereocenters. The van der Waals surface area contributed by atoms with Crippen molar-refractivity contribution in [2.75, 3.05) is 13.7 Å². The molecule has 0 aromatic heterocycles. The lowest BCUT2D eigenvalue weighted by atomic mass is 9.84. The number of nitrogens with one attached hydrogen (secondary N) is 2. The number of carbonyl (C=O) groups excluding carboxylic acids is 1. The summed E-state index contributed by atoms with van der Waals surface area (Å²) in [6.07, 6.45) is 5.36. The Bertz CT molecular complexity index is 388. The first kappa shape index (κ1) is 16.1. The molecule has 2 bridgehead atoms. The van der Waals surface area contributed by atoms with Gasteiger partial charge in [0.15, 0.2) is 0 Å². The number of hydrogen-bond acceptors (Lipinski definition) is 3. The van der Waals surface area contributed by atoms with Crippen LogP contribution in [-0.4, -0.2) is 42.9 Å². The fourth-order valence-electron chi connectivity index (χ4n) is 3.91. The molecule has 2 amide bonds. The van der Waals surface area contributed by atoms with E-state index in [1.165, 1.54) is 32.8 Å². The van der Waals surface area contributed by atoms with Crippen LogP contribution < -0.4 is 10.6 Å². The van der Waals surface area contributed by atoms with Crippen LogP contribution in [0.25, 0.3) is 0 Å². The molecule has 0 radical (unpaired) electrons. The highest BCUT2D eigenvalue weighted by Crippen LogP contribution is 2.49. The fourth-order valence-corrected chi connectivity index (χ4v) is 3.91. The van der Waals surface area contributed by atoms with Gasteiger partial charge in [0.1, 0.15) is 6.04 Å². The number of carboxylic acid groups (broad SMARTS) is 1. The molecule has 6 heteroatoms. The standard InChI is InChI=1S/C15H26N2O4/c1-9(12-8-10-3-4-11(12)7-10)16-15(20)17-13(14(18)19)5-6-21-2/h9-13H,3-8H2,1-2H3,(H,18,19)(H2,16,17,20). The summed E-state index contributed by atoms with van der Waals surface area (Å²) in [4.78, 5) is 23.1. The molecular weight excluding hydrogens is 272 g/mol. The third-order valence-electron chi connectivity index (χ3n) is 5.01. The number of rotatable bonds is 7. The van der Waals surface area contributed by atoms with E-state index in [0.29, 0.717) is 12.5 Å². The third-order valence-corrected chi connectivity index (χ3v) is 5.01. The lowest BCUT2D eigenvalue weighted by molar-refractivity contribution is -0.139. The lowest BCUT2D eigenvalue weighted by Gasteiger charge is -2.29. The zero-order valence-electron chi connectivity index (χ0n) is 12.8. The summed E-state index contributed by atoms with van der Waals surface area (Å²) in [5.74, 6) is 1.07. The number of fused-ring (bicyclic) bond motifs is 2. The normalized spacial score (nSPS) is 29.9. The first-order valence-electron chi connectivity index (χ1n) is 7.80. The van der Waals surface area contributed by atoms with Crippen LogP contribution in [0.3, 0.4) is 0 Å². The van der Waals surface area contributed by atoms with Crippen molar-refractivity contribution in [1.29, 1.82) is 0 Å². The average molecular weight is 298 g/mol. The zero-order chi connectivity index (χ0) is 15.4. The summed E-state index contributed by atoms with van der Waals surface area (Å²) >= 11 is 0. The van der Waals surface area contributed by atoms with Crippen LogP contribution in [0.15, 0.2) is 0 Å². The van der Waals surface area contributed by atoms with Gasteiger partial charge in [0.2, 0.25) is 0 Å². The summed E-state index contributed by atoms with van der Waals surface area (Å²) in [5.41, 5.74) is 0. The molecule has 0 aliphatic heterocycles. The van der Waals surface area contributed by atoms with E-state index in [2.05, 4.69) is 10.6 Å². The maximum absolute atomic E-state index is 12.0. The van der Waals surface area contributed by atoms with Gasteiger partial charge in [0.05, 0.1) is 0 Å². The second-order valence-corrected chi connectivity index (χ2v) is 6.42. The monoisotopic (exact) mass is 298 g/mol. The number of urea groups is 1. The van der Waals surface area contributed by atoms with E-state index in [1.54, 1.807) is 0 Å². The van der Waals surface area contributed by atoms with Gasteiger partial charge in [0, 0.05) is 26.2 Å². The summed E-state index contributed by atoms with van der Waals surface area (Å²) in [6, 6.07) is -1.21. The van der Waals surface area contributed by atoms with Gasteiger partial charge in [-0.3, -0.25) is 0 Å². The van der Waals surface area contributed by atoms with E-state index in [0.717, 1.165) is 11.8 Å². The van der Waals surface area contributed by atoms with Crippen LogP contribution in [0, 0.1) is 17.8 Å². The van der Waals surface area contributed by atoms with Crippen molar-refractivity contribution in [3.05, 3.63) is 0 Å².